The molecule has 1 fully saturated rings. The van der Waals surface area contributed by atoms with Crippen LogP contribution in [0.25, 0.3) is 0 Å². The largest absolute Gasteiger partial charge is 0.342 e. The van der Waals surface area contributed by atoms with Crippen LogP contribution in [-0.2, 0) is 13.5 Å². The van der Waals surface area contributed by atoms with Gasteiger partial charge in [-0.15, -0.1) is 10.2 Å². The summed E-state index contributed by atoms with van der Waals surface area (Å²) in [6, 6.07) is 4.21. The summed E-state index contributed by atoms with van der Waals surface area (Å²) in [7, 11) is 1.69. The van der Waals surface area contributed by atoms with E-state index < -0.39 is 0 Å². The molecule has 1 saturated heterocycles. The lowest BCUT2D eigenvalue weighted by Crippen LogP contribution is -2.30. The summed E-state index contributed by atoms with van der Waals surface area (Å²) < 4.78 is 2.10. The number of piperidine rings is 1. The van der Waals surface area contributed by atoms with Gasteiger partial charge in [0.1, 0.15) is 0 Å². The lowest BCUT2D eigenvalue weighted by Gasteiger charge is -2.25. The van der Waals surface area contributed by atoms with Gasteiger partial charge in [-0.2, -0.15) is 4.80 Å². The Hall–Kier alpha value is -2.02. The standard InChI is InChI=1S/C13H18N6O/c1-18-16-13(15-17-18)9-12(20)11-3-2-8-19(11)10-4-6-14-7-5-10/h2-3,8,10,14H,4-7,9H2,1H3. The van der Waals surface area contributed by atoms with E-state index in [1.165, 1.54) is 4.80 Å². The maximum Gasteiger partial charge on any atom is 0.186 e. The molecule has 7 nitrogen and oxygen atoms in total. The Bertz CT molecular complexity index is 596. The normalized spacial score (nSPS) is 16.4. The lowest BCUT2D eigenvalue weighted by atomic mass is 10.1. The Morgan fingerprint density at radius 2 is 2.25 bits per heavy atom. The quantitative estimate of drug-likeness (QED) is 0.815. The van der Waals surface area contributed by atoms with Crippen LogP contribution in [0.4, 0.5) is 0 Å². The molecule has 2 aromatic heterocycles. The van der Waals surface area contributed by atoms with E-state index in [0.717, 1.165) is 31.6 Å². The van der Waals surface area contributed by atoms with Crippen molar-refractivity contribution in [3.05, 3.63) is 29.8 Å². The van der Waals surface area contributed by atoms with Crippen molar-refractivity contribution >= 4 is 5.78 Å². The number of aryl methyl sites for hydroxylation is 1. The fourth-order valence-electron chi connectivity index (χ4n) is 2.66. The molecule has 1 N–H and O–H groups in total. The van der Waals surface area contributed by atoms with Gasteiger partial charge in [0.15, 0.2) is 11.6 Å². The summed E-state index contributed by atoms with van der Waals surface area (Å²) in [6.07, 6.45) is 4.30. The first-order valence-electron chi connectivity index (χ1n) is 6.87. The molecule has 0 bridgehead atoms. The third-order valence-corrected chi connectivity index (χ3v) is 3.64. The Balaban J connectivity index is 1.76. The summed E-state index contributed by atoms with van der Waals surface area (Å²) >= 11 is 0. The van der Waals surface area contributed by atoms with Crippen molar-refractivity contribution in [2.75, 3.05) is 13.1 Å². The zero-order valence-electron chi connectivity index (χ0n) is 11.5. The average molecular weight is 274 g/mol. The molecule has 0 aliphatic carbocycles. The van der Waals surface area contributed by atoms with E-state index in [1.54, 1.807) is 7.05 Å². The SMILES string of the molecule is Cn1nnc(CC(=O)c2cccn2C2CCNCC2)n1. The minimum Gasteiger partial charge on any atom is -0.342 e. The Morgan fingerprint density at radius 3 is 2.95 bits per heavy atom. The number of Topliss-reactive ketones (excluding diaryl/α,β-unsaturated/α-hetero) is 1. The maximum atomic E-state index is 12.4. The van der Waals surface area contributed by atoms with Crippen LogP contribution in [0.3, 0.4) is 0 Å². The minimum atomic E-state index is 0.0431. The third-order valence-electron chi connectivity index (χ3n) is 3.64. The van der Waals surface area contributed by atoms with Crippen molar-refractivity contribution in [3.8, 4) is 0 Å². The van der Waals surface area contributed by atoms with E-state index in [9.17, 15) is 4.79 Å². The van der Waals surface area contributed by atoms with E-state index in [-0.39, 0.29) is 12.2 Å². The first-order valence-corrected chi connectivity index (χ1v) is 6.87. The number of rotatable bonds is 4. The predicted molar refractivity (Wildman–Crippen MR) is 72.4 cm³/mol. The first kappa shape index (κ1) is 13.0. The number of nitrogens with zero attached hydrogens (tertiary/aromatic N) is 5. The summed E-state index contributed by atoms with van der Waals surface area (Å²) in [5, 5.41) is 15.0. The fraction of sp³-hybridized carbons (Fsp3) is 0.538. The molecule has 3 heterocycles. The van der Waals surface area contributed by atoms with Crippen LogP contribution in [0.1, 0.15) is 35.2 Å². The van der Waals surface area contributed by atoms with Crippen LogP contribution in [0.5, 0.6) is 0 Å². The van der Waals surface area contributed by atoms with Gasteiger partial charge in [0.2, 0.25) is 0 Å². The molecule has 0 aromatic carbocycles. The monoisotopic (exact) mass is 274 g/mol. The molecular formula is C13H18N6O. The molecule has 0 radical (unpaired) electrons. The van der Waals surface area contributed by atoms with E-state index in [4.69, 9.17) is 0 Å². The highest BCUT2D eigenvalue weighted by Gasteiger charge is 2.20. The fourth-order valence-corrected chi connectivity index (χ4v) is 2.66. The van der Waals surface area contributed by atoms with Crippen LogP contribution in [-0.4, -0.2) is 43.6 Å². The molecule has 1 aliphatic heterocycles. The second kappa shape index (κ2) is 5.54. The number of aromatic nitrogens is 5. The third kappa shape index (κ3) is 2.62. The number of hydrogen-bond donors (Lipinski definition) is 1. The second-order valence-electron chi connectivity index (χ2n) is 5.08. The van der Waals surface area contributed by atoms with Crippen molar-refractivity contribution in [2.24, 2.45) is 7.05 Å². The van der Waals surface area contributed by atoms with Gasteiger partial charge >= 0.3 is 0 Å². The topological polar surface area (TPSA) is 77.6 Å². The average Bonchev–Trinajstić information content (AvgIpc) is 3.09. The molecule has 3 rings (SSSR count). The summed E-state index contributed by atoms with van der Waals surface area (Å²) in [5.41, 5.74) is 0.740. The van der Waals surface area contributed by atoms with Gasteiger partial charge in [-0.1, -0.05) is 0 Å². The van der Waals surface area contributed by atoms with Crippen LogP contribution >= 0.6 is 0 Å². The van der Waals surface area contributed by atoms with Crippen molar-refractivity contribution in [2.45, 2.75) is 25.3 Å². The molecule has 0 amide bonds. The predicted octanol–water partition coefficient (Wildman–Crippen LogP) is 0.361. The minimum absolute atomic E-state index is 0.0431. The molecule has 2 aromatic rings. The van der Waals surface area contributed by atoms with Gasteiger partial charge in [-0.05, 0) is 43.3 Å². The molecule has 106 valence electrons. The molecule has 0 atom stereocenters. The van der Waals surface area contributed by atoms with Gasteiger partial charge in [0.05, 0.1) is 19.2 Å². The molecule has 7 heteroatoms. The molecule has 1 aliphatic rings. The Kier molecular flexibility index (Phi) is 3.60. The van der Waals surface area contributed by atoms with Crippen LogP contribution < -0.4 is 5.32 Å². The van der Waals surface area contributed by atoms with E-state index in [2.05, 4.69) is 25.3 Å². The van der Waals surface area contributed by atoms with Crippen molar-refractivity contribution in [3.63, 3.8) is 0 Å². The molecular weight excluding hydrogens is 256 g/mol. The Morgan fingerprint density at radius 1 is 1.45 bits per heavy atom. The number of carbonyl (C=O) groups is 1. The number of carbonyl (C=O) groups excluding carboxylic acids is 1. The van der Waals surface area contributed by atoms with Crippen LogP contribution in [0.15, 0.2) is 18.3 Å². The van der Waals surface area contributed by atoms with E-state index >= 15 is 0 Å². The van der Waals surface area contributed by atoms with Gasteiger partial charge in [0.25, 0.3) is 0 Å². The maximum absolute atomic E-state index is 12.4. The zero-order valence-corrected chi connectivity index (χ0v) is 11.5. The highest BCUT2D eigenvalue weighted by atomic mass is 16.1. The zero-order chi connectivity index (χ0) is 13.9. The van der Waals surface area contributed by atoms with Crippen molar-refractivity contribution < 1.29 is 4.79 Å². The number of ketones is 1. The molecule has 20 heavy (non-hydrogen) atoms. The molecule has 0 unspecified atom stereocenters. The van der Waals surface area contributed by atoms with Crippen molar-refractivity contribution in [1.82, 2.24) is 30.1 Å². The molecule has 0 saturated carbocycles. The van der Waals surface area contributed by atoms with Gasteiger partial charge in [-0.25, -0.2) is 0 Å². The van der Waals surface area contributed by atoms with Crippen LogP contribution in [0, 0.1) is 0 Å². The smallest absolute Gasteiger partial charge is 0.186 e. The summed E-state index contributed by atoms with van der Waals surface area (Å²) in [4.78, 5) is 13.8. The number of tetrazole rings is 1. The highest BCUT2D eigenvalue weighted by Crippen LogP contribution is 2.21. The second-order valence-corrected chi connectivity index (χ2v) is 5.08. The summed E-state index contributed by atoms with van der Waals surface area (Å²) in [5.74, 6) is 0.511. The van der Waals surface area contributed by atoms with Gasteiger partial charge in [0, 0.05) is 12.2 Å². The highest BCUT2D eigenvalue weighted by molar-refractivity contribution is 5.95. The summed E-state index contributed by atoms with van der Waals surface area (Å²) in [6.45, 7) is 2.00. The first-order chi connectivity index (χ1) is 9.74. The van der Waals surface area contributed by atoms with E-state index in [1.807, 2.05) is 18.3 Å². The Labute approximate surface area is 117 Å². The number of nitrogens with one attached hydrogen (secondary N) is 1. The number of hydrogen-bond acceptors (Lipinski definition) is 5. The van der Waals surface area contributed by atoms with Gasteiger partial charge < -0.3 is 9.88 Å². The van der Waals surface area contributed by atoms with Gasteiger partial charge in [-0.3, -0.25) is 4.79 Å². The molecule has 0 spiro atoms. The van der Waals surface area contributed by atoms with Crippen LogP contribution in [0.2, 0.25) is 0 Å². The lowest BCUT2D eigenvalue weighted by molar-refractivity contribution is 0.0978. The van der Waals surface area contributed by atoms with E-state index in [0.29, 0.717) is 11.9 Å². The van der Waals surface area contributed by atoms with Crippen molar-refractivity contribution in [1.29, 1.82) is 0 Å².